The number of fused-ring (bicyclic) bond motifs is 2. The fraction of sp³-hybridized carbons (Fsp3) is 0.929. The van der Waals surface area contributed by atoms with E-state index in [9.17, 15) is 18.3 Å². The van der Waals surface area contributed by atoms with Crippen LogP contribution >= 0.6 is 0 Å². The van der Waals surface area contributed by atoms with E-state index < -0.39 is 28.2 Å². The lowest BCUT2D eigenvalue weighted by Crippen LogP contribution is -2.58. The molecular formula is C14H24N2O5S. The summed E-state index contributed by atoms with van der Waals surface area (Å²) in [4.78, 5) is 11.2. The average molecular weight is 332 g/mol. The third kappa shape index (κ3) is 2.55. The molecule has 0 radical (unpaired) electrons. The van der Waals surface area contributed by atoms with Gasteiger partial charge < -0.3 is 10.2 Å². The number of hydrogen-bond donors (Lipinski definition) is 2. The second-order valence-electron chi connectivity index (χ2n) is 6.83. The molecule has 3 rings (SSSR count). The molecule has 5 atom stereocenters. The molecule has 3 aliphatic rings. The Kier molecular flexibility index (Phi) is 4.22. The first-order valence-corrected chi connectivity index (χ1v) is 9.41. The van der Waals surface area contributed by atoms with Gasteiger partial charge in [-0.2, -0.15) is 17.0 Å². The molecule has 2 bridgehead atoms. The third-order valence-corrected chi connectivity index (χ3v) is 7.62. The molecule has 2 N–H and O–H groups in total. The van der Waals surface area contributed by atoms with Crippen LogP contribution in [0.4, 0.5) is 0 Å². The second kappa shape index (κ2) is 5.74. The molecule has 8 heteroatoms. The fourth-order valence-corrected chi connectivity index (χ4v) is 6.40. The monoisotopic (exact) mass is 332 g/mol. The molecule has 0 aromatic rings. The molecule has 0 saturated carbocycles. The lowest BCUT2D eigenvalue weighted by molar-refractivity contribution is -0.142. The zero-order chi connectivity index (χ0) is 16.1. The van der Waals surface area contributed by atoms with Gasteiger partial charge in [0, 0.05) is 25.2 Å². The Morgan fingerprint density at radius 2 is 1.95 bits per heavy atom. The number of carbonyl (C=O) groups is 1. The Bertz CT molecular complexity index is 551. The maximum atomic E-state index is 13.0. The first kappa shape index (κ1) is 16.2. The number of hydrogen-bond acceptors (Lipinski definition) is 4. The molecule has 126 valence electrons. The van der Waals surface area contributed by atoms with Gasteiger partial charge in [-0.1, -0.05) is 6.92 Å². The van der Waals surface area contributed by atoms with Crippen LogP contribution < -0.4 is 0 Å². The predicted molar refractivity (Wildman–Crippen MR) is 79.3 cm³/mol. The molecule has 3 aliphatic heterocycles. The van der Waals surface area contributed by atoms with Gasteiger partial charge in [-0.3, -0.25) is 4.79 Å². The Hall–Kier alpha value is -0.700. The fourth-order valence-electron chi connectivity index (χ4n) is 4.20. The molecular weight excluding hydrogens is 308 g/mol. The minimum atomic E-state index is -3.65. The van der Waals surface area contributed by atoms with Crippen molar-refractivity contribution in [3.05, 3.63) is 0 Å². The van der Waals surface area contributed by atoms with Crippen molar-refractivity contribution in [3.8, 4) is 0 Å². The Morgan fingerprint density at radius 3 is 2.64 bits per heavy atom. The quantitative estimate of drug-likeness (QED) is 0.772. The molecule has 22 heavy (non-hydrogen) atoms. The maximum absolute atomic E-state index is 13.0. The largest absolute Gasteiger partial charge is 0.481 e. The van der Waals surface area contributed by atoms with E-state index in [-0.39, 0.29) is 24.5 Å². The first-order valence-electron chi connectivity index (χ1n) is 8.02. The van der Waals surface area contributed by atoms with Crippen molar-refractivity contribution in [2.45, 2.75) is 57.2 Å². The molecule has 0 aliphatic carbocycles. The van der Waals surface area contributed by atoms with Crippen LogP contribution in [0.3, 0.4) is 0 Å². The number of carboxylic acid groups (broad SMARTS) is 1. The topological polar surface area (TPSA) is 98.2 Å². The zero-order valence-corrected chi connectivity index (χ0v) is 13.6. The lowest BCUT2D eigenvalue weighted by Gasteiger charge is -2.43. The number of aliphatic hydroxyl groups is 1. The van der Waals surface area contributed by atoms with Gasteiger partial charge in [0.2, 0.25) is 0 Å². The van der Waals surface area contributed by atoms with E-state index in [1.54, 1.807) is 4.31 Å². The summed E-state index contributed by atoms with van der Waals surface area (Å²) in [5.74, 6) is -1.62. The molecule has 7 nitrogen and oxygen atoms in total. The highest BCUT2D eigenvalue weighted by atomic mass is 32.2. The van der Waals surface area contributed by atoms with Gasteiger partial charge in [0.25, 0.3) is 10.2 Å². The smallest absolute Gasteiger partial charge is 0.307 e. The molecule has 3 saturated heterocycles. The summed E-state index contributed by atoms with van der Waals surface area (Å²) in [7, 11) is -3.65. The number of aliphatic hydroxyl groups excluding tert-OH is 1. The van der Waals surface area contributed by atoms with Crippen LogP contribution in [0.2, 0.25) is 0 Å². The highest BCUT2D eigenvalue weighted by molar-refractivity contribution is 7.86. The van der Waals surface area contributed by atoms with Crippen LogP contribution in [0.25, 0.3) is 0 Å². The van der Waals surface area contributed by atoms with Gasteiger partial charge in [-0.15, -0.1) is 0 Å². The molecule has 5 unspecified atom stereocenters. The lowest BCUT2D eigenvalue weighted by atomic mass is 9.91. The van der Waals surface area contributed by atoms with Crippen LogP contribution in [0, 0.1) is 11.8 Å². The van der Waals surface area contributed by atoms with Gasteiger partial charge in [0.1, 0.15) is 0 Å². The maximum Gasteiger partial charge on any atom is 0.307 e. The van der Waals surface area contributed by atoms with Crippen LogP contribution in [0.15, 0.2) is 0 Å². The van der Waals surface area contributed by atoms with Gasteiger partial charge in [0.05, 0.1) is 12.0 Å². The van der Waals surface area contributed by atoms with Crippen molar-refractivity contribution in [3.63, 3.8) is 0 Å². The van der Waals surface area contributed by atoms with Crippen LogP contribution in [0.5, 0.6) is 0 Å². The average Bonchev–Trinajstić information content (AvgIpc) is 2.84. The molecule has 0 aromatic heterocycles. The van der Waals surface area contributed by atoms with E-state index in [1.807, 2.05) is 6.92 Å². The normalized spacial score (nSPS) is 40.7. The Balaban J connectivity index is 1.83. The molecule has 0 spiro atoms. The summed E-state index contributed by atoms with van der Waals surface area (Å²) in [6.45, 7) is 2.35. The summed E-state index contributed by atoms with van der Waals surface area (Å²) in [5, 5.41) is 19.2. The molecule has 0 amide bonds. The van der Waals surface area contributed by atoms with E-state index in [0.717, 1.165) is 12.8 Å². The minimum absolute atomic E-state index is 0.0601. The number of carboxylic acids is 1. The Labute approximate surface area is 131 Å². The number of rotatable bonds is 3. The van der Waals surface area contributed by atoms with E-state index >= 15 is 0 Å². The third-order valence-electron chi connectivity index (χ3n) is 5.54. The molecule has 0 aromatic carbocycles. The van der Waals surface area contributed by atoms with Crippen molar-refractivity contribution in [2.24, 2.45) is 11.8 Å². The summed E-state index contributed by atoms with van der Waals surface area (Å²) in [5.41, 5.74) is 0. The molecule has 3 heterocycles. The van der Waals surface area contributed by atoms with E-state index in [1.165, 1.54) is 4.31 Å². The van der Waals surface area contributed by atoms with Crippen molar-refractivity contribution >= 4 is 16.2 Å². The summed E-state index contributed by atoms with van der Waals surface area (Å²) in [6, 6.07) is -0.310. The number of nitrogens with zero attached hydrogens (tertiary/aromatic N) is 2. The highest BCUT2D eigenvalue weighted by Gasteiger charge is 2.52. The van der Waals surface area contributed by atoms with Crippen LogP contribution in [-0.4, -0.2) is 64.5 Å². The van der Waals surface area contributed by atoms with Gasteiger partial charge >= 0.3 is 5.97 Å². The van der Waals surface area contributed by atoms with Crippen molar-refractivity contribution in [1.82, 2.24) is 8.61 Å². The molecule has 3 fully saturated rings. The number of piperidine rings is 2. The van der Waals surface area contributed by atoms with Gasteiger partial charge in [-0.05, 0) is 38.0 Å². The SMILES string of the molecule is CC1C(O)CC2CCC1N2S(=O)(=O)N1CCCC(C(=O)O)C1. The summed E-state index contributed by atoms with van der Waals surface area (Å²) < 4.78 is 28.9. The van der Waals surface area contributed by atoms with Crippen LogP contribution in [-0.2, 0) is 15.0 Å². The number of aliphatic carboxylic acids is 1. The highest BCUT2D eigenvalue weighted by Crippen LogP contribution is 2.42. The van der Waals surface area contributed by atoms with Gasteiger partial charge in [0.15, 0.2) is 0 Å². The predicted octanol–water partition coefficient (Wildman–Crippen LogP) is 0.262. The minimum Gasteiger partial charge on any atom is -0.481 e. The van der Waals surface area contributed by atoms with E-state index in [0.29, 0.717) is 25.8 Å². The van der Waals surface area contributed by atoms with E-state index in [4.69, 9.17) is 5.11 Å². The summed E-state index contributed by atoms with van der Waals surface area (Å²) in [6.07, 6.45) is 2.70. The van der Waals surface area contributed by atoms with Crippen molar-refractivity contribution in [1.29, 1.82) is 0 Å². The van der Waals surface area contributed by atoms with E-state index in [2.05, 4.69) is 0 Å². The van der Waals surface area contributed by atoms with Crippen molar-refractivity contribution < 1.29 is 23.4 Å². The Morgan fingerprint density at radius 1 is 1.23 bits per heavy atom. The second-order valence-corrected chi connectivity index (χ2v) is 8.67. The standard InChI is InChI=1S/C14H24N2O5S/c1-9-12-5-4-11(7-13(9)17)16(12)22(20,21)15-6-2-3-10(8-15)14(18)19/h9-13,17H,2-8H2,1H3,(H,18,19). The summed E-state index contributed by atoms with van der Waals surface area (Å²) >= 11 is 0. The van der Waals surface area contributed by atoms with Crippen molar-refractivity contribution in [2.75, 3.05) is 13.1 Å². The van der Waals surface area contributed by atoms with Crippen LogP contribution in [0.1, 0.15) is 39.0 Å². The zero-order valence-electron chi connectivity index (χ0n) is 12.8. The van der Waals surface area contributed by atoms with Gasteiger partial charge in [-0.25, -0.2) is 0 Å². The first-order chi connectivity index (χ1) is 10.3.